The Morgan fingerprint density at radius 3 is 2.36 bits per heavy atom. The van der Waals surface area contributed by atoms with Crippen molar-refractivity contribution in [2.45, 2.75) is 57.7 Å². The number of halogens is 3. The fourth-order valence-corrected chi connectivity index (χ4v) is 4.00. The summed E-state index contributed by atoms with van der Waals surface area (Å²) in [5.74, 6) is -0.185. The van der Waals surface area contributed by atoms with E-state index in [1.807, 2.05) is 25.7 Å². The average Bonchev–Trinajstić information content (AvgIpc) is 3.13. The number of nitrogens with one attached hydrogen (secondary N) is 1. The van der Waals surface area contributed by atoms with Crippen LogP contribution in [0.5, 0.6) is 0 Å². The standard InChI is InChI=1S/C21H29F3N2O2/c1-20(2,3)28-19(27)14-7-10-26(11-8-14)18-12-16(21(22,23)24)4-5-17(18)15-6-9-25-13-15/h4-5,12,14-15,25H,6-11,13H2,1-3H3. The number of anilines is 1. The van der Waals surface area contributed by atoms with Gasteiger partial charge in [-0.15, -0.1) is 0 Å². The quantitative estimate of drug-likeness (QED) is 0.769. The molecule has 0 aliphatic carbocycles. The predicted octanol–water partition coefficient (Wildman–Crippen LogP) is 4.34. The fourth-order valence-electron chi connectivity index (χ4n) is 4.00. The zero-order chi connectivity index (χ0) is 20.5. The van der Waals surface area contributed by atoms with Crippen molar-refractivity contribution in [3.8, 4) is 0 Å². The minimum atomic E-state index is -4.37. The molecule has 1 aromatic rings. The van der Waals surface area contributed by atoms with Crippen LogP contribution < -0.4 is 10.2 Å². The van der Waals surface area contributed by atoms with E-state index in [1.54, 1.807) is 6.07 Å². The Bertz CT molecular complexity index is 699. The molecule has 0 bridgehead atoms. The van der Waals surface area contributed by atoms with Crippen molar-refractivity contribution >= 4 is 11.7 Å². The van der Waals surface area contributed by atoms with Crippen LogP contribution in [0.1, 0.15) is 57.1 Å². The molecule has 0 saturated carbocycles. The van der Waals surface area contributed by atoms with Gasteiger partial charge in [-0.3, -0.25) is 4.79 Å². The summed E-state index contributed by atoms with van der Waals surface area (Å²) in [4.78, 5) is 14.3. The Kier molecular flexibility index (Phi) is 5.94. The maximum Gasteiger partial charge on any atom is 0.416 e. The summed E-state index contributed by atoms with van der Waals surface area (Å²) in [7, 11) is 0. The molecule has 0 spiro atoms. The number of carbonyl (C=O) groups is 1. The predicted molar refractivity (Wildman–Crippen MR) is 102 cm³/mol. The van der Waals surface area contributed by atoms with E-state index >= 15 is 0 Å². The number of piperidine rings is 1. The van der Waals surface area contributed by atoms with Crippen molar-refractivity contribution in [3.63, 3.8) is 0 Å². The maximum absolute atomic E-state index is 13.3. The minimum Gasteiger partial charge on any atom is -0.460 e. The van der Waals surface area contributed by atoms with Crippen LogP contribution in [0.3, 0.4) is 0 Å². The van der Waals surface area contributed by atoms with Gasteiger partial charge in [0, 0.05) is 25.3 Å². The highest BCUT2D eigenvalue weighted by Gasteiger charge is 2.34. The second kappa shape index (κ2) is 7.93. The van der Waals surface area contributed by atoms with E-state index in [9.17, 15) is 18.0 Å². The molecule has 1 atom stereocenters. The van der Waals surface area contributed by atoms with Crippen molar-refractivity contribution in [3.05, 3.63) is 29.3 Å². The van der Waals surface area contributed by atoms with Gasteiger partial charge in [0.05, 0.1) is 11.5 Å². The van der Waals surface area contributed by atoms with Crippen LogP contribution in [-0.2, 0) is 15.7 Å². The van der Waals surface area contributed by atoms with Crippen LogP contribution in [0, 0.1) is 5.92 Å². The van der Waals surface area contributed by atoms with Gasteiger partial charge in [-0.05, 0) is 70.2 Å². The summed E-state index contributed by atoms with van der Waals surface area (Å²) < 4.78 is 45.3. The largest absolute Gasteiger partial charge is 0.460 e. The third-order valence-corrected chi connectivity index (χ3v) is 5.43. The summed E-state index contributed by atoms with van der Waals surface area (Å²) >= 11 is 0. The monoisotopic (exact) mass is 398 g/mol. The van der Waals surface area contributed by atoms with Crippen molar-refractivity contribution in [1.82, 2.24) is 5.32 Å². The first-order valence-electron chi connectivity index (χ1n) is 9.94. The van der Waals surface area contributed by atoms with E-state index in [0.717, 1.165) is 25.1 Å². The maximum atomic E-state index is 13.3. The normalized spacial score (nSPS) is 21.8. The van der Waals surface area contributed by atoms with Crippen LogP contribution >= 0.6 is 0 Å². The number of ether oxygens (including phenoxy) is 1. The lowest BCUT2D eigenvalue weighted by atomic mass is 9.91. The topological polar surface area (TPSA) is 41.6 Å². The third-order valence-electron chi connectivity index (χ3n) is 5.43. The first-order chi connectivity index (χ1) is 13.0. The van der Waals surface area contributed by atoms with Crippen molar-refractivity contribution in [2.24, 2.45) is 5.92 Å². The zero-order valence-corrected chi connectivity index (χ0v) is 16.7. The van der Waals surface area contributed by atoms with Crippen LogP contribution in [0.4, 0.5) is 18.9 Å². The smallest absolute Gasteiger partial charge is 0.416 e. The van der Waals surface area contributed by atoms with Gasteiger partial charge in [-0.1, -0.05) is 6.07 Å². The molecular weight excluding hydrogens is 369 g/mol. The van der Waals surface area contributed by atoms with Gasteiger partial charge in [0.2, 0.25) is 0 Å². The van der Waals surface area contributed by atoms with Crippen LogP contribution in [0.2, 0.25) is 0 Å². The van der Waals surface area contributed by atoms with E-state index in [-0.39, 0.29) is 17.8 Å². The number of carbonyl (C=O) groups excluding carboxylic acids is 1. The molecule has 0 aromatic heterocycles. The van der Waals surface area contributed by atoms with E-state index in [4.69, 9.17) is 4.74 Å². The Labute approximate surface area is 164 Å². The van der Waals surface area contributed by atoms with Gasteiger partial charge in [0.15, 0.2) is 0 Å². The SMILES string of the molecule is CC(C)(C)OC(=O)C1CCN(c2cc(C(F)(F)F)ccc2C2CCNC2)CC1. The van der Waals surface area contributed by atoms with Crippen LogP contribution in [0.15, 0.2) is 18.2 Å². The molecule has 2 aliphatic heterocycles. The Hall–Kier alpha value is -1.76. The number of hydrogen-bond acceptors (Lipinski definition) is 4. The average molecular weight is 398 g/mol. The second-order valence-corrected chi connectivity index (χ2v) is 8.76. The van der Waals surface area contributed by atoms with Crippen LogP contribution in [-0.4, -0.2) is 37.7 Å². The van der Waals surface area contributed by atoms with Crippen molar-refractivity contribution in [2.75, 3.05) is 31.1 Å². The Morgan fingerprint density at radius 2 is 1.82 bits per heavy atom. The summed E-state index contributed by atoms with van der Waals surface area (Å²) in [6, 6.07) is 4.10. The first kappa shape index (κ1) is 21.0. The fraction of sp³-hybridized carbons (Fsp3) is 0.667. The molecule has 2 fully saturated rings. The van der Waals surface area contributed by atoms with E-state index in [2.05, 4.69) is 5.32 Å². The van der Waals surface area contributed by atoms with Gasteiger partial charge in [0.1, 0.15) is 5.60 Å². The lowest BCUT2D eigenvalue weighted by Crippen LogP contribution is -2.39. The summed E-state index contributed by atoms with van der Waals surface area (Å²) in [6.07, 6.45) is -2.26. The molecule has 1 aromatic carbocycles. The zero-order valence-electron chi connectivity index (χ0n) is 16.7. The van der Waals surface area contributed by atoms with Gasteiger partial charge in [-0.2, -0.15) is 13.2 Å². The lowest BCUT2D eigenvalue weighted by Gasteiger charge is -2.36. The highest BCUT2D eigenvalue weighted by atomic mass is 19.4. The van der Waals surface area contributed by atoms with Crippen LogP contribution in [0.25, 0.3) is 0 Å². The molecule has 1 unspecified atom stereocenters. The van der Waals surface area contributed by atoms with E-state index in [0.29, 0.717) is 31.6 Å². The first-order valence-corrected chi connectivity index (χ1v) is 9.94. The van der Waals surface area contributed by atoms with E-state index in [1.165, 1.54) is 12.1 Å². The molecule has 4 nitrogen and oxygen atoms in total. The molecule has 0 amide bonds. The molecule has 7 heteroatoms. The van der Waals surface area contributed by atoms with Gasteiger partial charge < -0.3 is 15.0 Å². The number of esters is 1. The molecule has 1 N–H and O–H groups in total. The van der Waals surface area contributed by atoms with Crippen molar-refractivity contribution < 1.29 is 22.7 Å². The van der Waals surface area contributed by atoms with Gasteiger partial charge in [-0.25, -0.2) is 0 Å². The Morgan fingerprint density at radius 1 is 1.14 bits per heavy atom. The number of benzene rings is 1. The molecule has 2 aliphatic rings. The number of hydrogen-bond donors (Lipinski definition) is 1. The molecule has 28 heavy (non-hydrogen) atoms. The highest BCUT2D eigenvalue weighted by Crippen LogP contribution is 2.39. The van der Waals surface area contributed by atoms with Crippen molar-refractivity contribution in [1.29, 1.82) is 0 Å². The Balaban J connectivity index is 1.78. The summed E-state index contributed by atoms with van der Waals surface area (Å²) in [5.41, 5.74) is 0.476. The van der Waals surface area contributed by atoms with Gasteiger partial charge in [0.25, 0.3) is 0 Å². The molecule has 156 valence electrons. The number of rotatable bonds is 3. The van der Waals surface area contributed by atoms with Gasteiger partial charge >= 0.3 is 12.1 Å². The summed E-state index contributed by atoms with van der Waals surface area (Å²) in [6.45, 7) is 8.29. The molecule has 2 heterocycles. The van der Waals surface area contributed by atoms with E-state index < -0.39 is 17.3 Å². The second-order valence-electron chi connectivity index (χ2n) is 8.76. The minimum absolute atomic E-state index is 0.196. The number of alkyl halides is 3. The lowest BCUT2D eigenvalue weighted by molar-refractivity contribution is -0.160. The molecule has 0 radical (unpaired) electrons. The summed E-state index contributed by atoms with van der Waals surface area (Å²) in [5, 5.41) is 3.29. The number of nitrogens with zero attached hydrogens (tertiary/aromatic N) is 1. The third kappa shape index (κ3) is 4.99. The molecule has 2 saturated heterocycles. The molecular formula is C21H29F3N2O2. The molecule has 3 rings (SSSR count). The highest BCUT2D eigenvalue weighted by molar-refractivity contribution is 5.73.